The number of halogens is 1. The number of hydrogen-bond acceptors (Lipinski definition) is 6. The first kappa shape index (κ1) is 21.6. The molecule has 0 radical (unpaired) electrons. The van der Waals surface area contributed by atoms with Crippen molar-refractivity contribution in [2.75, 3.05) is 13.4 Å². The van der Waals surface area contributed by atoms with Crippen molar-refractivity contribution >= 4 is 23.4 Å². The number of nitrogens with one attached hydrogen (secondary N) is 1. The highest BCUT2D eigenvalue weighted by molar-refractivity contribution is 6.30. The first-order valence-corrected chi connectivity index (χ1v) is 11.4. The molecular weight excluding hydrogens is 442 g/mol. The molecule has 1 N–H and O–H groups in total. The Morgan fingerprint density at radius 2 is 1.82 bits per heavy atom. The fraction of sp³-hybridized carbons (Fsp3) is 0.308. The molecule has 6 nitrogen and oxygen atoms in total. The number of benzene rings is 2. The molecule has 1 aliphatic carbocycles. The summed E-state index contributed by atoms with van der Waals surface area (Å²) >= 11 is 6.05. The van der Waals surface area contributed by atoms with Crippen molar-refractivity contribution in [1.82, 2.24) is 5.32 Å². The van der Waals surface area contributed by atoms with Gasteiger partial charge in [0, 0.05) is 34.3 Å². The highest BCUT2D eigenvalue weighted by atomic mass is 35.5. The summed E-state index contributed by atoms with van der Waals surface area (Å²) in [6, 6.07) is 13.2. The van der Waals surface area contributed by atoms with Gasteiger partial charge >= 0.3 is 5.97 Å². The minimum atomic E-state index is -0.534. The molecule has 170 valence electrons. The van der Waals surface area contributed by atoms with Crippen LogP contribution in [0.25, 0.3) is 0 Å². The molecule has 0 spiro atoms. The lowest BCUT2D eigenvalue weighted by Crippen LogP contribution is -2.36. The lowest BCUT2D eigenvalue weighted by molar-refractivity contribution is -0.138. The quantitative estimate of drug-likeness (QED) is 0.641. The van der Waals surface area contributed by atoms with Crippen LogP contribution in [-0.4, -0.2) is 25.2 Å². The molecule has 2 aromatic rings. The Balaban J connectivity index is 1.59. The van der Waals surface area contributed by atoms with Crippen molar-refractivity contribution in [3.63, 3.8) is 0 Å². The molecule has 0 fully saturated rings. The Morgan fingerprint density at radius 1 is 1.09 bits per heavy atom. The second-order valence-corrected chi connectivity index (χ2v) is 8.84. The number of dihydropyridines is 1. The van der Waals surface area contributed by atoms with E-state index < -0.39 is 11.9 Å². The summed E-state index contributed by atoms with van der Waals surface area (Å²) in [4.78, 5) is 26.6. The Morgan fingerprint density at radius 3 is 2.58 bits per heavy atom. The third-order valence-electron chi connectivity index (χ3n) is 6.39. The summed E-state index contributed by atoms with van der Waals surface area (Å²) in [5, 5.41) is 4.02. The molecule has 2 atom stereocenters. The van der Waals surface area contributed by atoms with Gasteiger partial charge in [-0.2, -0.15) is 0 Å². The van der Waals surface area contributed by atoms with Gasteiger partial charge < -0.3 is 19.5 Å². The van der Waals surface area contributed by atoms with Crippen molar-refractivity contribution in [3.05, 3.63) is 81.2 Å². The van der Waals surface area contributed by atoms with Crippen LogP contribution < -0.4 is 14.8 Å². The van der Waals surface area contributed by atoms with Gasteiger partial charge in [0.25, 0.3) is 0 Å². The minimum absolute atomic E-state index is 0.0145. The first-order chi connectivity index (χ1) is 16.0. The average molecular weight is 466 g/mol. The van der Waals surface area contributed by atoms with Crippen LogP contribution in [-0.2, 0) is 14.3 Å². The minimum Gasteiger partial charge on any atom is -0.463 e. The first-order valence-electron chi connectivity index (χ1n) is 11.0. The zero-order valence-corrected chi connectivity index (χ0v) is 19.2. The number of fused-ring (bicyclic) bond motifs is 1. The molecule has 2 aliphatic heterocycles. The van der Waals surface area contributed by atoms with Crippen molar-refractivity contribution < 1.29 is 23.8 Å². The van der Waals surface area contributed by atoms with E-state index in [9.17, 15) is 9.59 Å². The number of rotatable bonds is 4. The standard InChI is InChI=1S/C26H24ClNO5/c1-3-31-26(30)23-14(2)28-19-10-17(15-4-7-18(27)8-5-15)11-20(29)25(19)24(23)16-6-9-21-22(12-16)33-13-32-21/h4-9,12,17,24,28H,3,10-11,13H2,1-2H3/t17-,24+/m1/s1. The van der Waals surface area contributed by atoms with Gasteiger partial charge in [-0.25, -0.2) is 4.79 Å². The van der Waals surface area contributed by atoms with E-state index in [-0.39, 0.29) is 25.1 Å². The van der Waals surface area contributed by atoms with Gasteiger partial charge in [-0.05, 0) is 61.6 Å². The molecule has 0 amide bonds. The number of carbonyl (C=O) groups is 2. The second-order valence-electron chi connectivity index (χ2n) is 8.40. The van der Waals surface area contributed by atoms with Crippen LogP contribution in [0.4, 0.5) is 0 Å². The molecule has 2 heterocycles. The average Bonchev–Trinajstić information content (AvgIpc) is 3.26. The molecule has 33 heavy (non-hydrogen) atoms. The van der Waals surface area contributed by atoms with E-state index in [0.717, 1.165) is 16.8 Å². The third kappa shape index (κ3) is 3.89. The van der Waals surface area contributed by atoms with Gasteiger partial charge in [0.15, 0.2) is 17.3 Å². The molecule has 5 rings (SSSR count). The van der Waals surface area contributed by atoms with Crippen LogP contribution in [0, 0.1) is 0 Å². The highest BCUT2D eigenvalue weighted by Crippen LogP contribution is 2.47. The summed E-state index contributed by atoms with van der Waals surface area (Å²) in [5.74, 6) is 0.350. The summed E-state index contributed by atoms with van der Waals surface area (Å²) < 4.78 is 16.4. The molecule has 0 bridgehead atoms. The molecule has 0 aromatic heterocycles. The Hall–Kier alpha value is -3.25. The fourth-order valence-corrected chi connectivity index (χ4v) is 5.04. The molecule has 0 saturated heterocycles. The summed E-state index contributed by atoms with van der Waals surface area (Å²) in [6.07, 6.45) is 1.02. The van der Waals surface area contributed by atoms with E-state index in [0.29, 0.717) is 46.2 Å². The van der Waals surface area contributed by atoms with E-state index in [1.54, 1.807) is 6.92 Å². The number of carbonyl (C=O) groups excluding carboxylic acids is 2. The zero-order chi connectivity index (χ0) is 23.1. The predicted octanol–water partition coefficient (Wildman–Crippen LogP) is 4.99. The second kappa shape index (κ2) is 8.60. The van der Waals surface area contributed by atoms with Crippen LogP contribution in [0.3, 0.4) is 0 Å². The maximum absolute atomic E-state index is 13.6. The van der Waals surface area contributed by atoms with Gasteiger partial charge in [-0.1, -0.05) is 29.8 Å². The van der Waals surface area contributed by atoms with E-state index in [1.807, 2.05) is 49.4 Å². The van der Waals surface area contributed by atoms with Gasteiger partial charge in [-0.15, -0.1) is 0 Å². The molecule has 3 aliphatic rings. The number of allylic oxidation sites excluding steroid dienone is 3. The maximum atomic E-state index is 13.6. The van der Waals surface area contributed by atoms with Gasteiger partial charge in [0.1, 0.15) is 0 Å². The fourth-order valence-electron chi connectivity index (χ4n) is 4.92. The number of hydrogen-bond donors (Lipinski definition) is 1. The van der Waals surface area contributed by atoms with E-state index in [4.69, 9.17) is 25.8 Å². The Labute approximate surface area is 197 Å². The number of ether oxygens (including phenoxy) is 3. The Bertz CT molecular complexity index is 1200. The number of ketones is 1. The van der Waals surface area contributed by atoms with Crippen LogP contribution in [0.2, 0.25) is 5.02 Å². The molecule has 0 saturated carbocycles. The number of Topliss-reactive ketones (excluding diaryl/α,β-unsaturated/α-hetero) is 1. The molecule has 7 heteroatoms. The maximum Gasteiger partial charge on any atom is 0.336 e. The van der Waals surface area contributed by atoms with Gasteiger partial charge in [-0.3, -0.25) is 4.79 Å². The van der Waals surface area contributed by atoms with Gasteiger partial charge in [0.05, 0.1) is 12.2 Å². The summed E-state index contributed by atoms with van der Waals surface area (Å²) in [7, 11) is 0. The highest BCUT2D eigenvalue weighted by Gasteiger charge is 2.41. The van der Waals surface area contributed by atoms with Crippen LogP contribution in [0.15, 0.2) is 65.0 Å². The largest absolute Gasteiger partial charge is 0.463 e. The monoisotopic (exact) mass is 465 g/mol. The van der Waals surface area contributed by atoms with E-state index >= 15 is 0 Å². The predicted molar refractivity (Wildman–Crippen MR) is 123 cm³/mol. The van der Waals surface area contributed by atoms with E-state index in [2.05, 4.69) is 5.32 Å². The lowest BCUT2D eigenvalue weighted by Gasteiger charge is -2.36. The van der Waals surface area contributed by atoms with Crippen molar-refractivity contribution in [1.29, 1.82) is 0 Å². The molecular formula is C26H24ClNO5. The topological polar surface area (TPSA) is 73.9 Å². The summed E-state index contributed by atoms with van der Waals surface area (Å²) in [5.41, 5.74) is 4.48. The molecule has 2 aromatic carbocycles. The lowest BCUT2D eigenvalue weighted by atomic mass is 9.71. The van der Waals surface area contributed by atoms with Gasteiger partial charge in [0.2, 0.25) is 6.79 Å². The van der Waals surface area contributed by atoms with Crippen LogP contribution >= 0.6 is 11.6 Å². The van der Waals surface area contributed by atoms with Crippen molar-refractivity contribution in [3.8, 4) is 11.5 Å². The SMILES string of the molecule is CCOC(=O)C1=C(C)NC2=C(C(=O)C[C@H](c3ccc(Cl)cc3)C2)[C@H]1c1ccc2c(c1)OCO2. The normalized spacial score (nSPS) is 21.6. The zero-order valence-electron chi connectivity index (χ0n) is 18.4. The van der Waals surface area contributed by atoms with Crippen molar-refractivity contribution in [2.45, 2.75) is 38.5 Å². The van der Waals surface area contributed by atoms with E-state index in [1.165, 1.54) is 0 Å². The summed E-state index contributed by atoms with van der Waals surface area (Å²) in [6.45, 7) is 4.03. The van der Waals surface area contributed by atoms with Crippen LogP contribution in [0.5, 0.6) is 11.5 Å². The Kier molecular flexibility index (Phi) is 5.62. The number of esters is 1. The van der Waals surface area contributed by atoms with Crippen LogP contribution in [0.1, 0.15) is 49.7 Å². The third-order valence-corrected chi connectivity index (χ3v) is 6.65. The van der Waals surface area contributed by atoms with Crippen molar-refractivity contribution in [2.24, 2.45) is 0 Å². The molecule has 0 unspecified atom stereocenters. The smallest absolute Gasteiger partial charge is 0.336 e.